The van der Waals surface area contributed by atoms with Gasteiger partial charge in [-0.25, -0.2) is 4.98 Å². The van der Waals surface area contributed by atoms with Crippen molar-refractivity contribution >= 4 is 32.6 Å². The Labute approximate surface area is 173 Å². The maximum Gasteiger partial charge on any atom is 0.267 e. The molecule has 1 aliphatic heterocycles. The highest BCUT2D eigenvalue weighted by molar-refractivity contribution is 7.22. The minimum absolute atomic E-state index is 0.00684. The first-order chi connectivity index (χ1) is 14.1. The molecule has 2 aromatic heterocycles. The Hall–Kier alpha value is -2.65. The van der Waals surface area contributed by atoms with E-state index in [1.165, 1.54) is 18.4 Å². The summed E-state index contributed by atoms with van der Waals surface area (Å²) in [7, 11) is 3.27. The first-order valence-corrected chi connectivity index (χ1v) is 10.4. The first-order valence-electron chi connectivity index (χ1n) is 9.63. The van der Waals surface area contributed by atoms with Crippen LogP contribution < -0.4 is 14.4 Å². The van der Waals surface area contributed by atoms with E-state index >= 15 is 0 Å². The Morgan fingerprint density at radius 3 is 3.03 bits per heavy atom. The highest BCUT2D eigenvalue weighted by Crippen LogP contribution is 2.33. The third-order valence-corrected chi connectivity index (χ3v) is 5.81. The monoisotopic (exact) mass is 416 g/mol. The third-order valence-electron chi connectivity index (χ3n) is 4.76. The highest BCUT2D eigenvalue weighted by Gasteiger charge is 2.30. The van der Waals surface area contributed by atoms with E-state index < -0.39 is 0 Å². The van der Waals surface area contributed by atoms with Gasteiger partial charge in [-0.05, 0) is 38.0 Å². The molecule has 1 unspecified atom stereocenters. The van der Waals surface area contributed by atoms with Crippen LogP contribution in [-0.4, -0.2) is 53.6 Å². The molecule has 0 spiro atoms. The van der Waals surface area contributed by atoms with Crippen LogP contribution in [0.2, 0.25) is 0 Å². The van der Waals surface area contributed by atoms with E-state index in [2.05, 4.69) is 5.10 Å². The molecular formula is C20H24N4O4S. The number of amides is 1. The van der Waals surface area contributed by atoms with Gasteiger partial charge in [0.1, 0.15) is 11.3 Å². The second kappa shape index (κ2) is 8.38. The number of thiazole rings is 1. The summed E-state index contributed by atoms with van der Waals surface area (Å²) >= 11 is 1.46. The standard InChI is InChI=1S/C20H24N4O4S/c1-4-27-13-7-8-16-17(10-13)29-20(21-16)24(11-14-6-5-9-28-14)19(25)15-12-23(2)22-18(15)26-3/h7-8,10,12,14H,4-6,9,11H2,1-3H3. The number of benzene rings is 1. The molecule has 1 aliphatic rings. The molecule has 8 nitrogen and oxygen atoms in total. The normalized spacial score (nSPS) is 16.3. The summed E-state index contributed by atoms with van der Waals surface area (Å²) in [5.74, 6) is 0.894. The Kier molecular flexibility index (Phi) is 5.68. The maximum absolute atomic E-state index is 13.5. The number of ether oxygens (including phenoxy) is 3. The third kappa shape index (κ3) is 4.06. The molecule has 0 aliphatic carbocycles. The second-order valence-corrected chi connectivity index (χ2v) is 7.84. The Bertz CT molecular complexity index is 1010. The van der Waals surface area contributed by atoms with Crippen LogP contribution >= 0.6 is 11.3 Å². The van der Waals surface area contributed by atoms with Crippen molar-refractivity contribution in [2.45, 2.75) is 25.9 Å². The van der Waals surface area contributed by atoms with E-state index in [9.17, 15) is 4.79 Å². The van der Waals surface area contributed by atoms with Crippen LogP contribution in [0.3, 0.4) is 0 Å². The van der Waals surface area contributed by atoms with Gasteiger partial charge in [-0.3, -0.25) is 14.4 Å². The van der Waals surface area contributed by atoms with Crippen LogP contribution in [-0.2, 0) is 11.8 Å². The molecule has 1 amide bonds. The van der Waals surface area contributed by atoms with Gasteiger partial charge in [0.25, 0.3) is 5.91 Å². The summed E-state index contributed by atoms with van der Waals surface area (Å²) in [6, 6.07) is 5.77. The molecule has 3 aromatic rings. The molecule has 0 radical (unpaired) electrons. The predicted octanol–water partition coefficient (Wildman–Crippen LogP) is 3.26. The molecule has 4 rings (SSSR count). The van der Waals surface area contributed by atoms with Crippen LogP contribution in [0.15, 0.2) is 24.4 Å². The number of nitrogens with zero attached hydrogens (tertiary/aromatic N) is 4. The minimum atomic E-state index is -0.200. The summed E-state index contributed by atoms with van der Waals surface area (Å²) in [4.78, 5) is 19.8. The van der Waals surface area contributed by atoms with E-state index in [0.717, 1.165) is 35.4 Å². The molecule has 1 atom stereocenters. The number of hydrogen-bond donors (Lipinski definition) is 0. The van der Waals surface area contributed by atoms with Crippen molar-refractivity contribution in [2.24, 2.45) is 7.05 Å². The number of carbonyl (C=O) groups is 1. The fourth-order valence-corrected chi connectivity index (χ4v) is 4.42. The topological polar surface area (TPSA) is 78.7 Å². The molecule has 29 heavy (non-hydrogen) atoms. The maximum atomic E-state index is 13.5. The lowest BCUT2D eigenvalue weighted by atomic mass is 10.2. The number of hydrogen-bond acceptors (Lipinski definition) is 7. The van der Waals surface area contributed by atoms with E-state index in [0.29, 0.717) is 29.7 Å². The lowest BCUT2D eigenvalue weighted by Crippen LogP contribution is -2.37. The van der Waals surface area contributed by atoms with Crippen LogP contribution in [0, 0.1) is 0 Å². The highest BCUT2D eigenvalue weighted by atomic mass is 32.1. The van der Waals surface area contributed by atoms with Crippen LogP contribution in [0.1, 0.15) is 30.1 Å². The summed E-state index contributed by atoms with van der Waals surface area (Å²) in [6.45, 7) is 3.71. The molecular weight excluding hydrogens is 392 g/mol. The molecule has 0 bridgehead atoms. The molecule has 154 valence electrons. The van der Waals surface area contributed by atoms with Gasteiger partial charge in [0.2, 0.25) is 5.88 Å². The Balaban J connectivity index is 1.71. The number of methoxy groups -OCH3 is 1. The second-order valence-electron chi connectivity index (χ2n) is 6.84. The van der Waals surface area contributed by atoms with Gasteiger partial charge in [0.15, 0.2) is 5.13 Å². The fourth-order valence-electron chi connectivity index (χ4n) is 3.42. The quantitative estimate of drug-likeness (QED) is 0.588. The number of fused-ring (bicyclic) bond motifs is 1. The van der Waals surface area contributed by atoms with Crippen molar-refractivity contribution in [1.29, 1.82) is 0 Å². The molecule has 1 saturated heterocycles. The molecule has 3 heterocycles. The summed E-state index contributed by atoms with van der Waals surface area (Å²) < 4.78 is 19.2. The SMILES string of the molecule is CCOc1ccc2nc(N(CC3CCCO3)C(=O)c3cn(C)nc3OC)sc2c1. The van der Waals surface area contributed by atoms with E-state index in [1.807, 2.05) is 25.1 Å². The van der Waals surface area contributed by atoms with Gasteiger partial charge in [0, 0.05) is 19.9 Å². The van der Waals surface area contributed by atoms with E-state index in [4.69, 9.17) is 19.2 Å². The molecule has 1 aromatic carbocycles. The predicted molar refractivity (Wildman–Crippen MR) is 111 cm³/mol. The first kappa shape index (κ1) is 19.7. The molecule has 0 saturated carbocycles. The van der Waals surface area contributed by atoms with Crippen molar-refractivity contribution in [3.8, 4) is 11.6 Å². The van der Waals surface area contributed by atoms with Crippen LogP contribution in [0.5, 0.6) is 11.6 Å². The number of carbonyl (C=O) groups excluding carboxylic acids is 1. The average Bonchev–Trinajstić information content (AvgIpc) is 3.44. The number of aromatic nitrogens is 3. The van der Waals surface area contributed by atoms with Crippen molar-refractivity contribution in [1.82, 2.24) is 14.8 Å². The van der Waals surface area contributed by atoms with Gasteiger partial charge >= 0.3 is 0 Å². The van der Waals surface area contributed by atoms with Crippen molar-refractivity contribution < 1.29 is 19.0 Å². The lowest BCUT2D eigenvalue weighted by molar-refractivity contribution is 0.0915. The summed E-state index contributed by atoms with van der Waals surface area (Å²) in [5.41, 5.74) is 1.24. The van der Waals surface area contributed by atoms with E-state index in [-0.39, 0.29) is 12.0 Å². The molecule has 9 heteroatoms. The summed E-state index contributed by atoms with van der Waals surface area (Å²) in [5, 5.41) is 4.84. The van der Waals surface area contributed by atoms with Crippen LogP contribution in [0.25, 0.3) is 10.2 Å². The van der Waals surface area contributed by atoms with Crippen LogP contribution in [0.4, 0.5) is 5.13 Å². The van der Waals surface area contributed by atoms with E-state index in [1.54, 1.807) is 22.8 Å². The zero-order valence-electron chi connectivity index (χ0n) is 16.8. The number of aryl methyl sites for hydroxylation is 1. The number of rotatable bonds is 7. The van der Waals surface area contributed by atoms with Crippen molar-refractivity contribution in [3.05, 3.63) is 30.0 Å². The largest absolute Gasteiger partial charge is 0.494 e. The number of anilines is 1. The molecule has 1 fully saturated rings. The zero-order valence-corrected chi connectivity index (χ0v) is 17.6. The van der Waals surface area contributed by atoms with Gasteiger partial charge < -0.3 is 14.2 Å². The van der Waals surface area contributed by atoms with Crippen molar-refractivity contribution in [2.75, 3.05) is 31.8 Å². The minimum Gasteiger partial charge on any atom is -0.494 e. The van der Waals surface area contributed by atoms with Gasteiger partial charge in [-0.15, -0.1) is 5.10 Å². The average molecular weight is 417 g/mol. The smallest absolute Gasteiger partial charge is 0.267 e. The fraction of sp³-hybridized carbons (Fsp3) is 0.450. The summed E-state index contributed by atoms with van der Waals surface area (Å²) in [6.07, 6.45) is 3.59. The lowest BCUT2D eigenvalue weighted by Gasteiger charge is -2.22. The molecule has 0 N–H and O–H groups in total. The van der Waals surface area contributed by atoms with Crippen molar-refractivity contribution in [3.63, 3.8) is 0 Å². The Morgan fingerprint density at radius 2 is 2.31 bits per heavy atom. The van der Waals surface area contributed by atoms with Gasteiger partial charge in [-0.1, -0.05) is 11.3 Å². The van der Waals surface area contributed by atoms with Gasteiger partial charge in [0.05, 0.1) is 36.6 Å². The Morgan fingerprint density at radius 1 is 1.45 bits per heavy atom. The zero-order chi connectivity index (χ0) is 20.4. The van der Waals surface area contributed by atoms with Gasteiger partial charge in [-0.2, -0.15) is 0 Å².